The van der Waals surface area contributed by atoms with Crippen LogP contribution in [0, 0.1) is 6.92 Å². The summed E-state index contributed by atoms with van der Waals surface area (Å²) in [7, 11) is 0. The maximum atomic E-state index is 12.7. The van der Waals surface area contributed by atoms with E-state index in [9.17, 15) is 4.79 Å². The molecule has 1 fully saturated rings. The first-order valence-electron chi connectivity index (χ1n) is 11.7. The van der Waals surface area contributed by atoms with E-state index in [1.807, 2.05) is 84.6 Å². The molecule has 4 aromatic rings. The zero-order valence-electron chi connectivity index (χ0n) is 19.8. The highest BCUT2D eigenvalue weighted by atomic mass is 32.2. The molecule has 0 bridgehead atoms. The fraction of sp³-hybridized carbons (Fsp3) is 0.179. The molecule has 6 nitrogen and oxygen atoms in total. The lowest BCUT2D eigenvalue weighted by Gasteiger charge is -2.25. The molecule has 0 aliphatic carbocycles. The van der Waals surface area contributed by atoms with Crippen LogP contribution < -0.4 is 10.6 Å². The summed E-state index contributed by atoms with van der Waals surface area (Å²) in [4.78, 5) is 20.4. The Morgan fingerprint density at radius 1 is 1.08 bits per heavy atom. The molecular weight excluding hydrogens is 488 g/mol. The molecule has 2 N–H and O–H groups in total. The van der Waals surface area contributed by atoms with Crippen LogP contribution in [-0.4, -0.2) is 27.4 Å². The van der Waals surface area contributed by atoms with Gasteiger partial charge in [-0.05, 0) is 73.2 Å². The first kappa shape index (κ1) is 24.1. The number of anilines is 1. The Morgan fingerprint density at radius 3 is 2.69 bits per heavy atom. The lowest BCUT2D eigenvalue weighted by molar-refractivity contribution is -0.116. The van der Waals surface area contributed by atoms with E-state index in [4.69, 9.17) is 16.6 Å². The van der Waals surface area contributed by atoms with Crippen LogP contribution in [0.25, 0.3) is 0 Å². The number of furan rings is 1. The first-order valence-corrected chi connectivity index (χ1v) is 13.0. The van der Waals surface area contributed by atoms with Crippen molar-refractivity contribution in [3.63, 3.8) is 0 Å². The Morgan fingerprint density at radius 2 is 1.92 bits per heavy atom. The van der Waals surface area contributed by atoms with E-state index in [1.165, 1.54) is 0 Å². The van der Waals surface area contributed by atoms with Crippen molar-refractivity contribution in [3.05, 3.63) is 108 Å². The van der Waals surface area contributed by atoms with Crippen LogP contribution >= 0.6 is 24.0 Å². The Kier molecular flexibility index (Phi) is 7.34. The van der Waals surface area contributed by atoms with Gasteiger partial charge < -0.3 is 20.0 Å². The van der Waals surface area contributed by atoms with Gasteiger partial charge in [0.2, 0.25) is 5.91 Å². The van der Waals surface area contributed by atoms with Gasteiger partial charge in [-0.2, -0.15) is 0 Å². The van der Waals surface area contributed by atoms with Crippen molar-refractivity contribution in [1.29, 1.82) is 0 Å². The number of thiocarbonyl (C=S) groups is 1. The van der Waals surface area contributed by atoms with Crippen LogP contribution in [0.5, 0.6) is 0 Å². The molecule has 1 amide bonds. The van der Waals surface area contributed by atoms with Gasteiger partial charge in [0.15, 0.2) is 10.2 Å². The van der Waals surface area contributed by atoms with Gasteiger partial charge >= 0.3 is 0 Å². The second-order valence-corrected chi connectivity index (χ2v) is 10.0. The van der Waals surface area contributed by atoms with Crippen molar-refractivity contribution in [2.24, 2.45) is 0 Å². The molecule has 36 heavy (non-hydrogen) atoms. The summed E-state index contributed by atoms with van der Waals surface area (Å²) in [6.45, 7) is 2.44. The number of carbonyl (C=O) groups excluding carboxylic acids is 1. The van der Waals surface area contributed by atoms with E-state index in [2.05, 4.69) is 27.8 Å². The Bertz CT molecular complexity index is 1340. The molecule has 1 saturated heterocycles. The van der Waals surface area contributed by atoms with Crippen molar-refractivity contribution in [3.8, 4) is 0 Å². The quantitative estimate of drug-likeness (QED) is 0.274. The molecule has 2 atom stereocenters. The number of hydrogen-bond donors (Lipinski definition) is 2. The minimum Gasteiger partial charge on any atom is -0.452 e. The van der Waals surface area contributed by atoms with Crippen molar-refractivity contribution in [2.45, 2.75) is 35.4 Å². The number of aromatic nitrogens is 1. The topological polar surface area (TPSA) is 70.4 Å². The summed E-state index contributed by atoms with van der Waals surface area (Å²) >= 11 is 7.28. The molecule has 0 saturated carbocycles. The molecule has 2 aromatic heterocycles. The average molecular weight is 515 g/mol. The standard InChI is InChI=1S/C28H26N4O2S2/c1-19-8-7-9-20(18-19)30-24(33)15-17-32-27(26(31-28(32)35)22-12-5-6-16-29-22)23-13-14-25(34-23)36-21-10-3-2-4-11-21/h2-14,16,18,26-27H,15,17H2,1H3,(H,30,33)(H,31,35)/t26-,27-/m1/s1. The smallest absolute Gasteiger partial charge is 0.226 e. The number of benzene rings is 2. The molecular formula is C28H26N4O2S2. The molecule has 8 heteroatoms. The number of pyridine rings is 1. The fourth-order valence-electron chi connectivity index (χ4n) is 4.28. The lowest BCUT2D eigenvalue weighted by Crippen LogP contribution is -2.32. The van der Waals surface area contributed by atoms with Gasteiger partial charge in [-0.15, -0.1) is 0 Å². The van der Waals surface area contributed by atoms with Crippen LogP contribution in [0.3, 0.4) is 0 Å². The maximum Gasteiger partial charge on any atom is 0.226 e. The van der Waals surface area contributed by atoms with Crippen molar-refractivity contribution >= 4 is 40.7 Å². The van der Waals surface area contributed by atoms with E-state index in [0.29, 0.717) is 11.7 Å². The number of rotatable bonds is 8. The van der Waals surface area contributed by atoms with E-state index < -0.39 is 0 Å². The van der Waals surface area contributed by atoms with Gasteiger partial charge in [0.05, 0.1) is 11.7 Å². The Labute approximate surface area is 220 Å². The number of hydrogen-bond acceptors (Lipinski definition) is 5. The molecule has 0 unspecified atom stereocenters. The molecule has 3 heterocycles. The fourth-order valence-corrected chi connectivity index (χ4v) is 5.41. The minimum atomic E-state index is -0.232. The zero-order chi connectivity index (χ0) is 24.9. The summed E-state index contributed by atoms with van der Waals surface area (Å²) in [5.74, 6) is 0.707. The molecule has 1 aliphatic rings. The van der Waals surface area contributed by atoms with E-state index in [0.717, 1.165) is 32.7 Å². The van der Waals surface area contributed by atoms with Gasteiger partial charge in [0, 0.05) is 29.7 Å². The van der Waals surface area contributed by atoms with Crippen molar-refractivity contribution < 1.29 is 9.21 Å². The minimum absolute atomic E-state index is 0.0665. The monoisotopic (exact) mass is 514 g/mol. The molecule has 1 aliphatic heterocycles. The second-order valence-electron chi connectivity index (χ2n) is 8.56. The zero-order valence-corrected chi connectivity index (χ0v) is 21.4. The second kappa shape index (κ2) is 11.0. The summed E-state index contributed by atoms with van der Waals surface area (Å²) in [5, 5.41) is 7.76. The normalized spacial score (nSPS) is 17.1. The number of nitrogens with one attached hydrogen (secondary N) is 2. The predicted molar refractivity (Wildman–Crippen MR) is 146 cm³/mol. The van der Waals surface area contributed by atoms with Crippen LogP contribution in [0.2, 0.25) is 0 Å². The first-order chi connectivity index (χ1) is 17.6. The molecule has 0 radical (unpaired) electrons. The summed E-state index contributed by atoms with van der Waals surface area (Å²) < 4.78 is 6.31. The van der Waals surface area contributed by atoms with Gasteiger partial charge in [-0.25, -0.2) is 0 Å². The number of carbonyl (C=O) groups is 1. The average Bonchev–Trinajstić information content (AvgIpc) is 3.47. The van der Waals surface area contributed by atoms with Crippen LogP contribution in [0.4, 0.5) is 5.69 Å². The van der Waals surface area contributed by atoms with E-state index >= 15 is 0 Å². The van der Waals surface area contributed by atoms with Gasteiger partial charge in [0.1, 0.15) is 11.8 Å². The third-order valence-corrected chi connectivity index (χ3v) is 7.22. The number of aryl methyl sites for hydroxylation is 1. The van der Waals surface area contributed by atoms with Crippen molar-refractivity contribution in [1.82, 2.24) is 15.2 Å². The van der Waals surface area contributed by atoms with Crippen LogP contribution in [0.15, 0.2) is 106 Å². The van der Waals surface area contributed by atoms with E-state index in [-0.39, 0.29) is 24.4 Å². The Balaban J connectivity index is 1.36. The predicted octanol–water partition coefficient (Wildman–Crippen LogP) is 6.14. The largest absolute Gasteiger partial charge is 0.452 e. The maximum absolute atomic E-state index is 12.7. The highest BCUT2D eigenvalue weighted by molar-refractivity contribution is 7.99. The molecule has 5 rings (SSSR count). The number of amides is 1. The molecule has 0 spiro atoms. The summed E-state index contributed by atoms with van der Waals surface area (Å²) in [6, 6.07) is 27.2. The Hall–Kier alpha value is -3.62. The highest BCUT2D eigenvalue weighted by Crippen LogP contribution is 2.41. The van der Waals surface area contributed by atoms with Crippen molar-refractivity contribution in [2.75, 3.05) is 11.9 Å². The van der Waals surface area contributed by atoms with Gasteiger partial charge in [0.25, 0.3) is 0 Å². The summed E-state index contributed by atoms with van der Waals surface area (Å²) in [6.07, 6.45) is 2.06. The van der Waals surface area contributed by atoms with Gasteiger partial charge in [-0.1, -0.05) is 48.2 Å². The third kappa shape index (κ3) is 5.61. The number of nitrogens with zero attached hydrogens (tertiary/aromatic N) is 2. The van der Waals surface area contributed by atoms with Crippen LogP contribution in [0.1, 0.15) is 35.5 Å². The SMILES string of the molecule is Cc1cccc(NC(=O)CCN2C(=S)N[C@H](c3ccccn3)[C@H]2c2ccc(Sc3ccccc3)o2)c1. The summed E-state index contributed by atoms with van der Waals surface area (Å²) in [5.41, 5.74) is 2.75. The lowest BCUT2D eigenvalue weighted by atomic mass is 10.0. The molecule has 2 aromatic carbocycles. The van der Waals surface area contributed by atoms with Crippen LogP contribution in [-0.2, 0) is 4.79 Å². The van der Waals surface area contributed by atoms with E-state index in [1.54, 1.807) is 18.0 Å². The third-order valence-electron chi connectivity index (χ3n) is 5.93. The highest BCUT2D eigenvalue weighted by Gasteiger charge is 2.41. The van der Waals surface area contributed by atoms with Gasteiger partial charge in [-0.3, -0.25) is 9.78 Å². The molecule has 182 valence electrons.